The summed E-state index contributed by atoms with van der Waals surface area (Å²) < 4.78 is 40.7. The smallest absolute Gasteiger partial charge is 0.364 e. The van der Waals surface area contributed by atoms with E-state index in [0.29, 0.717) is 11.5 Å². The first-order valence-electron chi connectivity index (χ1n) is 6.02. The zero-order valence-corrected chi connectivity index (χ0v) is 10.9. The first kappa shape index (κ1) is 15.2. The van der Waals surface area contributed by atoms with Crippen LogP contribution in [0.2, 0.25) is 0 Å². The molecule has 0 saturated carbocycles. The lowest BCUT2D eigenvalue weighted by atomic mass is 10.1. The molecule has 0 aliphatic heterocycles. The van der Waals surface area contributed by atoms with E-state index in [1.54, 1.807) is 6.07 Å². The third-order valence-electron chi connectivity index (χ3n) is 2.49. The van der Waals surface area contributed by atoms with E-state index in [4.69, 9.17) is 5.84 Å². The normalized spacial score (nSPS) is 11.4. The van der Waals surface area contributed by atoms with Crippen LogP contribution in [0.15, 0.2) is 36.4 Å². The fraction of sp³-hybridized carbons (Fsp3) is 0.231. The number of hydrogen-bond donors (Lipinski definition) is 2. The molecular weight excluding hydrogens is 285 g/mol. The molecule has 0 aliphatic carbocycles. The Morgan fingerprint density at radius 1 is 1.14 bits per heavy atom. The van der Waals surface area contributed by atoms with Crippen molar-refractivity contribution in [3.05, 3.63) is 42.2 Å². The molecule has 2 rings (SSSR count). The van der Waals surface area contributed by atoms with Crippen LogP contribution in [0.3, 0.4) is 0 Å². The molecule has 2 aromatic rings. The Bertz CT molecular complexity index is 590. The molecular formula is C13H13F3N4O. The fourth-order valence-electron chi connectivity index (χ4n) is 1.65. The highest BCUT2D eigenvalue weighted by atomic mass is 19.4. The lowest BCUT2D eigenvalue weighted by Gasteiger charge is -2.09. The average Bonchev–Trinajstić information content (AvgIpc) is 2.46. The lowest BCUT2D eigenvalue weighted by molar-refractivity contribution is -0.177. The van der Waals surface area contributed by atoms with Gasteiger partial charge in [0.2, 0.25) is 0 Å². The number of ether oxygens (including phenoxy) is 1. The van der Waals surface area contributed by atoms with Crippen molar-refractivity contribution in [2.75, 3.05) is 12.0 Å². The van der Waals surface area contributed by atoms with Gasteiger partial charge in [0, 0.05) is 11.6 Å². The molecule has 0 aliphatic rings. The van der Waals surface area contributed by atoms with Crippen LogP contribution in [0.4, 0.5) is 19.0 Å². The zero-order chi connectivity index (χ0) is 15.3. The van der Waals surface area contributed by atoms with Crippen molar-refractivity contribution in [2.45, 2.75) is 12.8 Å². The average molecular weight is 298 g/mol. The number of hydrazine groups is 1. The highest BCUT2D eigenvalue weighted by Gasteiger charge is 2.27. The summed E-state index contributed by atoms with van der Waals surface area (Å²) in [4.78, 5) is 8.13. The number of halogens is 3. The lowest BCUT2D eigenvalue weighted by Crippen LogP contribution is -2.18. The molecule has 0 atom stereocenters. The Balaban J connectivity index is 2.18. The standard InChI is InChI=1S/C13H13F3N4O/c14-13(15,16)8-21-7-12-18-10(6-11(19-12)20-17)9-4-2-1-3-5-9/h1-6H,7-8,17H2,(H,18,19,20). The number of nitrogens with two attached hydrogens (primary N) is 1. The second-order valence-corrected chi connectivity index (χ2v) is 4.17. The molecule has 21 heavy (non-hydrogen) atoms. The topological polar surface area (TPSA) is 73.1 Å². The summed E-state index contributed by atoms with van der Waals surface area (Å²) >= 11 is 0. The van der Waals surface area contributed by atoms with Crippen LogP contribution in [0.25, 0.3) is 11.3 Å². The minimum atomic E-state index is -4.38. The Morgan fingerprint density at radius 3 is 2.48 bits per heavy atom. The van der Waals surface area contributed by atoms with Gasteiger partial charge in [-0.25, -0.2) is 15.8 Å². The third-order valence-corrected chi connectivity index (χ3v) is 2.49. The Kier molecular flexibility index (Phi) is 4.71. The van der Waals surface area contributed by atoms with Crippen molar-refractivity contribution >= 4 is 5.82 Å². The fourth-order valence-corrected chi connectivity index (χ4v) is 1.65. The zero-order valence-electron chi connectivity index (χ0n) is 10.9. The van der Waals surface area contributed by atoms with Crippen molar-refractivity contribution in [1.82, 2.24) is 9.97 Å². The van der Waals surface area contributed by atoms with Gasteiger partial charge in [-0.1, -0.05) is 30.3 Å². The first-order chi connectivity index (χ1) is 9.98. The Labute approximate surface area is 118 Å². The first-order valence-corrected chi connectivity index (χ1v) is 6.02. The number of benzene rings is 1. The number of alkyl halides is 3. The summed E-state index contributed by atoms with van der Waals surface area (Å²) in [5.41, 5.74) is 3.70. The molecule has 0 spiro atoms. The van der Waals surface area contributed by atoms with Gasteiger partial charge in [0.05, 0.1) is 5.69 Å². The highest BCUT2D eigenvalue weighted by molar-refractivity contribution is 5.62. The van der Waals surface area contributed by atoms with Gasteiger partial charge in [-0.05, 0) is 0 Å². The van der Waals surface area contributed by atoms with Gasteiger partial charge in [-0.2, -0.15) is 13.2 Å². The van der Waals surface area contributed by atoms with Gasteiger partial charge in [-0.3, -0.25) is 0 Å². The van der Waals surface area contributed by atoms with E-state index in [1.165, 1.54) is 0 Å². The van der Waals surface area contributed by atoms with Gasteiger partial charge in [0.1, 0.15) is 19.0 Å². The maximum absolute atomic E-state index is 12.0. The minimum Gasteiger partial charge on any atom is -0.364 e. The summed E-state index contributed by atoms with van der Waals surface area (Å²) in [7, 11) is 0. The Hall–Kier alpha value is -2.19. The molecule has 0 fully saturated rings. The quantitative estimate of drug-likeness (QED) is 0.655. The van der Waals surface area contributed by atoms with Crippen LogP contribution in [-0.4, -0.2) is 22.8 Å². The summed E-state index contributed by atoms with van der Waals surface area (Å²) in [6, 6.07) is 10.7. The summed E-state index contributed by atoms with van der Waals surface area (Å²) in [6.07, 6.45) is -4.38. The summed E-state index contributed by atoms with van der Waals surface area (Å²) in [5.74, 6) is 5.72. The largest absolute Gasteiger partial charge is 0.411 e. The van der Waals surface area contributed by atoms with E-state index in [9.17, 15) is 13.2 Å². The summed E-state index contributed by atoms with van der Waals surface area (Å²) in [6.45, 7) is -1.70. The van der Waals surface area contributed by atoms with Crippen molar-refractivity contribution in [3.8, 4) is 11.3 Å². The van der Waals surface area contributed by atoms with E-state index < -0.39 is 12.8 Å². The molecule has 0 saturated heterocycles. The van der Waals surface area contributed by atoms with Crippen LogP contribution in [0, 0.1) is 0 Å². The molecule has 5 nitrogen and oxygen atoms in total. The van der Waals surface area contributed by atoms with Gasteiger partial charge < -0.3 is 10.2 Å². The Morgan fingerprint density at radius 2 is 1.86 bits per heavy atom. The molecule has 1 aromatic heterocycles. The number of hydrogen-bond acceptors (Lipinski definition) is 5. The molecule has 0 amide bonds. The number of nitrogen functional groups attached to an aromatic ring is 1. The number of nitrogens with one attached hydrogen (secondary N) is 1. The number of rotatable bonds is 5. The van der Waals surface area contributed by atoms with Crippen molar-refractivity contribution in [1.29, 1.82) is 0 Å². The predicted molar refractivity (Wildman–Crippen MR) is 71.0 cm³/mol. The van der Waals surface area contributed by atoms with Crippen molar-refractivity contribution in [2.24, 2.45) is 5.84 Å². The van der Waals surface area contributed by atoms with Crippen LogP contribution in [-0.2, 0) is 11.3 Å². The highest BCUT2D eigenvalue weighted by Crippen LogP contribution is 2.20. The predicted octanol–water partition coefficient (Wildman–Crippen LogP) is 2.51. The molecule has 0 unspecified atom stereocenters. The third kappa shape index (κ3) is 4.69. The summed E-state index contributed by atoms with van der Waals surface area (Å²) in [5, 5.41) is 0. The molecule has 0 bridgehead atoms. The van der Waals surface area contributed by atoms with E-state index >= 15 is 0 Å². The number of nitrogens with zero attached hydrogens (tertiary/aromatic N) is 2. The maximum Gasteiger partial charge on any atom is 0.411 e. The van der Waals surface area contributed by atoms with Crippen LogP contribution in [0.5, 0.6) is 0 Å². The van der Waals surface area contributed by atoms with Gasteiger partial charge in [-0.15, -0.1) is 0 Å². The van der Waals surface area contributed by atoms with Crippen molar-refractivity contribution in [3.63, 3.8) is 0 Å². The SMILES string of the molecule is NNc1cc(-c2ccccc2)nc(COCC(F)(F)F)n1. The second-order valence-electron chi connectivity index (χ2n) is 4.17. The molecule has 1 heterocycles. The molecule has 112 valence electrons. The molecule has 0 radical (unpaired) electrons. The van der Waals surface area contributed by atoms with E-state index in [0.717, 1.165) is 5.56 Å². The molecule has 3 N–H and O–H groups in total. The monoisotopic (exact) mass is 298 g/mol. The van der Waals surface area contributed by atoms with Gasteiger partial charge in [0.15, 0.2) is 5.82 Å². The number of aromatic nitrogens is 2. The van der Waals surface area contributed by atoms with E-state index in [1.807, 2.05) is 30.3 Å². The minimum absolute atomic E-state index is 0.119. The maximum atomic E-state index is 12.0. The molecule has 8 heteroatoms. The van der Waals surface area contributed by atoms with E-state index in [-0.39, 0.29) is 12.4 Å². The van der Waals surface area contributed by atoms with Crippen molar-refractivity contribution < 1.29 is 17.9 Å². The van der Waals surface area contributed by atoms with Crippen LogP contribution in [0.1, 0.15) is 5.82 Å². The van der Waals surface area contributed by atoms with Crippen LogP contribution >= 0.6 is 0 Å². The van der Waals surface area contributed by atoms with E-state index in [2.05, 4.69) is 20.1 Å². The molecule has 1 aromatic carbocycles. The number of anilines is 1. The van der Waals surface area contributed by atoms with Gasteiger partial charge >= 0.3 is 6.18 Å². The van der Waals surface area contributed by atoms with Crippen LogP contribution < -0.4 is 11.3 Å². The van der Waals surface area contributed by atoms with Gasteiger partial charge in [0.25, 0.3) is 0 Å². The second kappa shape index (κ2) is 6.51.